The van der Waals surface area contributed by atoms with E-state index in [1.54, 1.807) is 26.3 Å². The summed E-state index contributed by atoms with van der Waals surface area (Å²) in [7, 11) is 3.11. The predicted molar refractivity (Wildman–Crippen MR) is 78.8 cm³/mol. The van der Waals surface area contributed by atoms with E-state index in [2.05, 4.69) is 15.6 Å². The van der Waals surface area contributed by atoms with E-state index in [1.165, 1.54) is 12.3 Å². The zero-order valence-electron chi connectivity index (χ0n) is 11.8. The van der Waals surface area contributed by atoms with Crippen LogP contribution in [0.15, 0.2) is 36.5 Å². The Morgan fingerprint density at radius 1 is 1.33 bits per heavy atom. The summed E-state index contributed by atoms with van der Waals surface area (Å²) in [6.45, 7) is 0.358. The number of hydrogen-bond donors (Lipinski definition) is 2. The predicted octanol–water partition coefficient (Wildman–Crippen LogP) is 2.66. The molecule has 0 saturated carbocycles. The van der Waals surface area contributed by atoms with Gasteiger partial charge in [-0.3, -0.25) is 4.79 Å². The third kappa shape index (κ3) is 3.35. The summed E-state index contributed by atoms with van der Waals surface area (Å²) >= 11 is 0. The van der Waals surface area contributed by atoms with Gasteiger partial charge in [-0.15, -0.1) is 0 Å². The number of anilines is 2. The van der Waals surface area contributed by atoms with E-state index >= 15 is 0 Å². The average molecular weight is 289 g/mol. The number of benzene rings is 1. The minimum Gasteiger partial charge on any atom is -0.380 e. The fraction of sp³-hybridized carbons (Fsp3) is 0.200. The Balaban J connectivity index is 2.26. The van der Waals surface area contributed by atoms with Crippen molar-refractivity contribution >= 4 is 17.4 Å². The fourth-order valence-electron chi connectivity index (χ4n) is 1.91. The third-order valence-electron chi connectivity index (χ3n) is 2.94. The first-order valence-corrected chi connectivity index (χ1v) is 6.37. The molecule has 0 radical (unpaired) electrons. The second kappa shape index (κ2) is 6.81. The van der Waals surface area contributed by atoms with Crippen LogP contribution in [0, 0.1) is 5.82 Å². The highest BCUT2D eigenvalue weighted by Crippen LogP contribution is 2.19. The molecule has 0 fully saturated rings. The number of halogens is 1. The standard InChI is InChI=1S/C15H16FN3O2/c1-17-14-13(16)11(7-8-18-14)15(20)19-12-6-4-3-5-10(12)9-21-2/h3-8H,9H2,1-2H3,(H,17,18)(H,19,20). The number of carbonyl (C=O) groups excluding carboxylic acids is 1. The Morgan fingerprint density at radius 3 is 2.81 bits per heavy atom. The van der Waals surface area contributed by atoms with Gasteiger partial charge in [0.1, 0.15) is 0 Å². The molecule has 6 heteroatoms. The van der Waals surface area contributed by atoms with Gasteiger partial charge in [0.25, 0.3) is 5.91 Å². The summed E-state index contributed by atoms with van der Waals surface area (Å²) in [4.78, 5) is 16.0. The molecule has 1 amide bonds. The molecule has 0 aliphatic carbocycles. The van der Waals surface area contributed by atoms with E-state index in [-0.39, 0.29) is 11.4 Å². The zero-order chi connectivity index (χ0) is 15.2. The maximum Gasteiger partial charge on any atom is 0.258 e. The van der Waals surface area contributed by atoms with Crippen LogP contribution >= 0.6 is 0 Å². The molecule has 1 aromatic heterocycles. The summed E-state index contributed by atoms with van der Waals surface area (Å²) in [5, 5.41) is 5.29. The van der Waals surface area contributed by atoms with Crippen molar-refractivity contribution in [2.75, 3.05) is 24.8 Å². The van der Waals surface area contributed by atoms with Gasteiger partial charge in [0.2, 0.25) is 0 Å². The van der Waals surface area contributed by atoms with Crippen molar-refractivity contribution < 1.29 is 13.9 Å². The minimum absolute atomic E-state index is 0.0350. The molecule has 0 saturated heterocycles. The molecule has 1 aromatic carbocycles. The molecule has 0 aliphatic rings. The van der Waals surface area contributed by atoms with Gasteiger partial charge in [0.05, 0.1) is 12.2 Å². The molecule has 0 atom stereocenters. The molecule has 2 aromatic rings. The Kier molecular flexibility index (Phi) is 4.84. The van der Waals surface area contributed by atoms with Crippen molar-refractivity contribution in [1.29, 1.82) is 0 Å². The number of aromatic nitrogens is 1. The maximum atomic E-state index is 14.1. The molecule has 1 heterocycles. The van der Waals surface area contributed by atoms with Gasteiger partial charge >= 0.3 is 0 Å². The number of nitrogens with one attached hydrogen (secondary N) is 2. The molecule has 5 nitrogen and oxygen atoms in total. The van der Waals surface area contributed by atoms with Gasteiger partial charge in [-0.05, 0) is 12.1 Å². The number of nitrogens with zero attached hydrogens (tertiary/aromatic N) is 1. The Bertz CT molecular complexity index is 647. The molecule has 21 heavy (non-hydrogen) atoms. The largest absolute Gasteiger partial charge is 0.380 e. The van der Waals surface area contributed by atoms with E-state index in [9.17, 15) is 9.18 Å². The SMILES string of the molecule is CNc1nccc(C(=O)Nc2ccccc2COC)c1F. The van der Waals surface area contributed by atoms with Crippen molar-refractivity contribution in [3.63, 3.8) is 0 Å². The Hall–Kier alpha value is -2.47. The summed E-state index contributed by atoms with van der Waals surface area (Å²) in [6.07, 6.45) is 1.38. The number of amides is 1. The van der Waals surface area contributed by atoms with Crippen molar-refractivity contribution in [3.8, 4) is 0 Å². The van der Waals surface area contributed by atoms with Gasteiger partial charge in [-0.2, -0.15) is 0 Å². The van der Waals surface area contributed by atoms with Crippen LogP contribution in [0.5, 0.6) is 0 Å². The van der Waals surface area contributed by atoms with E-state index in [1.807, 2.05) is 12.1 Å². The number of hydrogen-bond acceptors (Lipinski definition) is 4. The van der Waals surface area contributed by atoms with Crippen LogP contribution in [0.1, 0.15) is 15.9 Å². The van der Waals surface area contributed by atoms with Gasteiger partial charge in [-0.25, -0.2) is 9.37 Å². The van der Waals surface area contributed by atoms with Crippen LogP contribution in [0.3, 0.4) is 0 Å². The number of pyridine rings is 1. The Labute approximate surface area is 122 Å². The highest BCUT2D eigenvalue weighted by atomic mass is 19.1. The van der Waals surface area contributed by atoms with Gasteiger partial charge in [0, 0.05) is 31.6 Å². The van der Waals surface area contributed by atoms with Crippen LogP contribution in [-0.4, -0.2) is 25.0 Å². The topological polar surface area (TPSA) is 63.2 Å². The summed E-state index contributed by atoms with van der Waals surface area (Å²) < 4.78 is 19.1. The number of para-hydroxylation sites is 1. The smallest absolute Gasteiger partial charge is 0.258 e. The lowest BCUT2D eigenvalue weighted by Gasteiger charge is -2.11. The lowest BCUT2D eigenvalue weighted by molar-refractivity contribution is 0.102. The first-order chi connectivity index (χ1) is 10.2. The van der Waals surface area contributed by atoms with Crippen LogP contribution in [0.25, 0.3) is 0 Å². The van der Waals surface area contributed by atoms with Crippen molar-refractivity contribution in [3.05, 3.63) is 53.5 Å². The second-order valence-electron chi connectivity index (χ2n) is 4.32. The summed E-state index contributed by atoms with van der Waals surface area (Å²) in [5.74, 6) is -1.18. The quantitative estimate of drug-likeness (QED) is 0.888. The summed E-state index contributed by atoms with van der Waals surface area (Å²) in [5.41, 5.74) is 1.34. The molecule has 2 N–H and O–H groups in total. The van der Waals surface area contributed by atoms with Gasteiger partial charge < -0.3 is 15.4 Å². The highest BCUT2D eigenvalue weighted by Gasteiger charge is 2.16. The summed E-state index contributed by atoms with van der Waals surface area (Å²) in [6, 6.07) is 8.54. The van der Waals surface area contributed by atoms with E-state index < -0.39 is 11.7 Å². The first-order valence-electron chi connectivity index (χ1n) is 6.37. The zero-order valence-corrected chi connectivity index (χ0v) is 11.8. The lowest BCUT2D eigenvalue weighted by Crippen LogP contribution is -2.16. The van der Waals surface area contributed by atoms with Crippen LogP contribution < -0.4 is 10.6 Å². The molecule has 110 valence electrons. The van der Waals surface area contributed by atoms with Crippen molar-refractivity contribution in [2.24, 2.45) is 0 Å². The molecule has 0 spiro atoms. The molecule has 0 unspecified atom stereocenters. The number of carbonyl (C=O) groups is 1. The molecule has 2 rings (SSSR count). The van der Waals surface area contributed by atoms with Crippen LogP contribution in [-0.2, 0) is 11.3 Å². The first kappa shape index (κ1) is 14.9. The number of methoxy groups -OCH3 is 1. The number of ether oxygens (including phenoxy) is 1. The van der Waals surface area contributed by atoms with Crippen LogP contribution in [0.4, 0.5) is 15.9 Å². The average Bonchev–Trinajstić information content (AvgIpc) is 2.49. The fourth-order valence-corrected chi connectivity index (χ4v) is 1.91. The minimum atomic E-state index is -0.679. The Morgan fingerprint density at radius 2 is 2.10 bits per heavy atom. The molecular formula is C15H16FN3O2. The molecular weight excluding hydrogens is 273 g/mol. The van der Waals surface area contributed by atoms with E-state index in [4.69, 9.17) is 4.74 Å². The maximum absolute atomic E-state index is 14.1. The molecule has 0 bridgehead atoms. The van der Waals surface area contributed by atoms with Gasteiger partial charge in [0.15, 0.2) is 11.6 Å². The van der Waals surface area contributed by atoms with E-state index in [0.29, 0.717) is 12.3 Å². The van der Waals surface area contributed by atoms with Crippen molar-refractivity contribution in [2.45, 2.75) is 6.61 Å². The third-order valence-corrected chi connectivity index (χ3v) is 2.94. The monoisotopic (exact) mass is 289 g/mol. The normalized spacial score (nSPS) is 10.2. The number of rotatable bonds is 5. The molecule has 0 aliphatic heterocycles. The second-order valence-corrected chi connectivity index (χ2v) is 4.32. The van der Waals surface area contributed by atoms with E-state index in [0.717, 1.165) is 5.56 Å². The van der Waals surface area contributed by atoms with Crippen molar-refractivity contribution in [1.82, 2.24) is 4.98 Å². The lowest BCUT2D eigenvalue weighted by atomic mass is 10.1. The van der Waals surface area contributed by atoms with Gasteiger partial charge in [-0.1, -0.05) is 18.2 Å². The highest BCUT2D eigenvalue weighted by molar-refractivity contribution is 6.05. The van der Waals surface area contributed by atoms with Crippen LogP contribution in [0.2, 0.25) is 0 Å².